The van der Waals surface area contributed by atoms with Gasteiger partial charge in [-0.2, -0.15) is 14.9 Å². The predicted octanol–water partition coefficient (Wildman–Crippen LogP) is 4.52. The van der Waals surface area contributed by atoms with Gasteiger partial charge in [-0.05, 0) is 49.3 Å². The Morgan fingerprint density at radius 3 is 2.76 bits per heavy atom. The van der Waals surface area contributed by atoms with E-state index in [2.05, 4.69) is 22.2 Å². The van der Waals surface area contributed by atoms with E-state index in [0.29, 0.717) is 18.0 Å². The molecule has 0 saturated heterocycles. The largest absolute Gasteiger partial charge is 0.490 e. The van der Waals surface area contributed by atoms with Gasteiger partial charge in [0.15, 0.2) is 17.3 Å². The molecular formula is C18H26N4O2S. The van der Waals surface area contributed by atoms with Gasteiger partial charge >= 0.3 is 0 Å². The summed E-state index contributed by atoms with van der Waals surface area (Å²) in [6, 6.07) is 5.79. The summed E-state index contributed by atoms with van der Waals surface area (Å²) in [7, 11) is 0. The lowest BCUT2D eigenvalue weighted by Crippen LogP contribution is -2.02. The maximum absolute atomic E-state index is 5.80. The van der Waals surface area contributed by atoms with Crippen molar-refractivity contribution in [1.29, 1.82) is 0 Å². The van der Waals surface area contributed by atoms with Crippen molar-refractivity contribution in [1.82, 2.24) is 14.9 Å². The molecule has 1 aromatic carbocycles. The fraction of sp³-hybridized carbons (Fsp3) is 0.500. The first-order valence-electron chi connectivity index (χ1n) is 8.68. The average molecular weight is 362 g/mol. The van der Waals surface area contributed by atoms with E-state index in [9.17, 15) is 0 Å². The molecule has 0 bridgehead atoms. The molecule has 0 unspecified atom stereocenters. The number of hydrogen-bond donors (Lipinski definition) is 1. The van der Waals surface area contributed by atoms with Crippen LogP contribution >= 0.6 is 12.2 Å². The summed E-state index contributed by atoms with van der Waals surface area (Å²) in [5.74, 6) is 2.50. The number of rotatable bonds is 9. The Balaban J connectivity index is 2.23. The van der Waals surface area contributed by atoms with E-state index in [1.165, 1.54) is 0 Å². The monoisotopic (exact) mass is 362 g/mol. The molecule has 0 atom stereocenters. The van der Waals surface area contributed by atoms with E-state index in [1.54, 1.807) is 10.9 Å². The molecule has 136 valence electrons. The van der Waals surface area contributed by atoms with Crippen molar-refractivity contribution in [3.05, 3.63) is 34.4 Å². The van der Waals surface area contributed by atoms with Crippen LogP contribution in [0.1, 0.15) is 57.8 Å². The Hall–Kier alpha value is -2.15. The zero-order valence-electron chi connectivity index (χ0n) is 15.3. The maximum Gasteiger partial charge on any atom is 0.216 e. The van der Waals surface area contributed by atoms with Crippen LogP contribution in [-0.2, 0) is 0 Å². The Morgan fingerprint density at radius 1 is 1.28 bits per heavy atom. The second-order valence-corrected chi connectivity index (χ2v) is 6.33. The molecule has 0 aliphatic heterocycles. The van der Waals surface area contributed by atoms with E-state index in [0.717, 1.165) is 35.7 Å². The third-order valence-electron chi connectivity index (χ3n) is 3.54. The van der Waals surface area contributed by atoms with Gasteiger partial charge < -0.3 is 9.47 Å². The molecule has 2 rings (SSSR count). The van der Waals surface area contributed by atoms with Gasteiger partial charge in [-0.15, -0.1) is 0 Å². The van der Waals surface area contributed by atoms with Crippen LogP contribution < -0.4 is 9.47 Å². The smallest absolute Gasteiger partial charge is 0.216 e. The molecule has 25 heavy (non-hydrogen) atoms. The number of aromatic nitrogens is 3. The number of H-pyrrole nitrogens is 1. The van der Waals surface area contributed by atoms with Crippen LogP contribution in [0.5, 0.6) is 11.5 Å². The summed E-state index contributed by atoms with van der Waals surface area (Å²) in [5.41, 5.74) is 0.907. The third kappa shape index (κ3) is 5.16. The summed E-state index contributed by atoms with van der Waals surface area (Å²) in [6.07, 6.45) is 3.86. The van der Waals surface area contributed by atoms with E-state index < -0.39 is 0 Å². The van der Waals surface area contributed by atoms with Gasteiger partial charge in [0.1, 0.15) is 0 Å². The van der Waals surface area contributed by atoms with Gasteiger partial charge in [0.2, 0.25) is 4.77 Å². The first kappa shape index (κ1) is 19.2. The highest BCUT2D eigenvalue weighted by atomic mass is 32.1. The highest BCUT2D eigenvalue weighted by molar-refractivity contribution is 7.71. The van der Waals surface area contributed by atoms with Crippen molar-refractivity contribution in [3.63, 3.8) is 0 Å². The number of benzene rings is 1. The molecule has 0 saturated carbocycles. The Labute approximate surface area is 153 Å². The Kier molecular flexibility index (Phi) is 7.18. The minimum absolute atomic E-state index is 0.221. The molecule has 0 radical (unpaired) electrons. The standard InChI is InChI=1S/C18H26N4O2S/c1-5-7-10-24-15-9-8-14(11-16(15)23-6-2)12-19-22-17(13(3)4)20-21-18(22)25/h8-9,11-13H,5-7,10H2,1-4H3,(H,21,25)/b19-12-. The first-order chi connectivity index (χ1) is 12.1. The Bertz CT molecular complexity index is 765. The van der Waals surface area contributed by atoms with Crippen molar-refractivity contribution in [2.24, 2.45) is 5.10 Å². The zero-order chi connectivity index (χ0) is 18.2. The van der Waals surface area contributed by atoms with Crippen LogP contribution in [0.2, 0.25) is 0 Å². The van der Waals surface area contributed by atoms with Gasteiger partial charge in [0, 0.05) is 5.92 Å². The molecular weight excluding hydrogens is 336 g/mol. The highest BCUT2D eigenvalue weighted by Crippen LogP contribution is 2.28. The molecule has 1 N–H and O–H groups in total. The normalized spacial score (nSPS) is 11.4. The number of unbranched alkanes of at least 4 members (excludes halogenated alkanes) is 1. The Morgan fingerprint density at radius 2 is 2.08 bits per heavy atom. The molecule has 2 aromatic rings. The molecule has 0 fully saturated rings. The highest BCUT2D eigenvalue weighted by Gasteiger charge is 2.09. The fourth-order valence-corrected chi connectivity index (χ4v) is 2.42. The minimum atomic E-state index is 0.221. The molecule has 0 spiro atoms. The number of nitrogens with one attached hydrogen (secondary N) is 1. The van der Waals surface area contributed by atoms with Gasteiger partial charge in [0.25, 0.3) is 0 Å². The number of hydrogen-bond acceptors (Lipinski definition) is 5. The van der Waals surface area contributed by atoms with Gasteiger partial charge in [-0.1, -0.05) is 27.2 Å². The van der Waals surface area contributed by atoms with Gasteiger partial charge in [-0.3, -0.25) is 5.10 Å². The zero-order valence-corrected chi connectivity index (χ0v) is 16.1. The SMILES string of the molecule is CCCCOc1ccc(/C=N\n2c(C(C)C)n[nH]c2=S)cc1OCC. The van der Waals surface area contributed by atoms with Crippen LogP contribution in [0.15, 0.2) is 23.3 Å². The lowest BCUT2D eigenvalue weighted by molar-refractivity contribution is 0.272. The summed E-state index contributed by atoms with van der Waals surface area (Å²) in [5, 5.41) is 11.5. The summed E-state index contributed by atoms with van der Waals surface area (Å²) >= 11 is 5.24. The quantitative estimate of drug-likeness (QED) is 0.404. The third-order valence-corrected chi connectivity index (χ3v) is 3.80. The van der Waals surface area contributed by atoms with Crippen LogP contribution in [-0.4, -0.2) is 34.3 Å². The lowest BCUT2D eigenvalue weighted by Gasteiger charge is -2.12. The molecule has 0 amide bonds. The van der Waals surface area contributed by atoms with Crippen molar-refractivity contribution < 1.29 is 9.47 Å². The summed E-state index contributed by atoms with van der Waals surface area (Å²) in [4.78, 5) is 0. The average Bonchev–Trinajstić information content (AvgIpc) is 2.96. The van der Waals surface area contributed by atoms with E-state index in [-0.39, 0.29) is 5.92 Å². The van der Waals surface area contributed by atoms with Crippen molar-refractivity contribution in [2.75, 3.05) is 13.2 Å². The molecule has 1 heterocycles. The summed E-state index contributed by atoms with van der Waals surface area (Å²) < 4.78 is 13.6. The van der Waals surface area contributed by atoms with Crippen molar-refractivity contribution >= 4 is 18.4 Å². The maximum atomic E-state index is 5.80. The lowest BCUT2D eigenvalue weighted by atomic mass is 10.2. The van der Waals surface area contributed by atoms with Crippen LogP contribution in [0.3, 0.4) is 0 Å². The van der Waals surface area contributed by atoms with E-state index in [4.69, 9.17) is 21.7 Å². The first-order valence-corrected chi connectivity index (χ1v) is 9.08. The molecule has 0 aliphatic carbocycles. The second-order valence-electron chi connectivity index (χ2n) is 5.94. The van der Waals surface area contributed by atoms with Gasteiger partial charge in [-0.25, -0.2) is 0 Å². The number of nitrogens with zero attached hydrogens (tertiary/aromatic N) is 3. The van der Waals surface area contributed by atoms with Crippen LogP contribution in [0, 0.1) is 4.77 Å². The molecule has 7 heteroatoms. The van der Waals surface area contributed by atoms with Gasteiger partial charge in [0.05, 0.1) is 19.4 Å². The summed E-state index contributed by atoms with van der Waals surface area (Å²) in [6.45, 7) is 9.45. The van der Waals surface area contributed by atoms with E-state index in [1.807, 2.05) is 39.0 Å². The molecule has 0 aliphatic rings. The fourth-order valence-electron chi connectivity index (χ4n) is 2.23. The van der Waals surface area contributed by atoms with Crippen LogP contribution in [0.25, 0.3) is 0 Å². The number of ether oxygens (including phenoxy) is 2. The molecule has 6 nitrogen and oxygen atoms in total. The van der Waals surface area contributed by atoms with Crippen molar-refractivity contribution in [3.8, 4) is 11.5 Å². The van der Waals surface area contributed by atoms with Crippen molar-refractivity contribution in [2.45, 2.75) is 46.5 Å². The number of aromatic amines is 1. The minimum Gasteiger partial charge on any atom is -0.490 e. The topological polar surface area (TPSA) is 64.4 Å². The second kappa shape index (κ2) is 9.36. The van der Waals surface area contributed by atoms with Crippen LogP contribution in [0.4, 0.5) is 0 Å². The molecule has 1 aromatic heterocycles. The predicted molar refractivity (Wildman–Crippen MR) is 103 cm³/mol. The van der Waals surface area contributed by atoms with E-state index >= 15 is 0 Å².